The molecule has 2 aliphatic heterocycles. The fourth-order valence-electron chi connectivity index (χ4n) is 3.82. The van der Waals surface area contributed by atoms with Crippen molar-refractivity contribution in [2.75, 3.05) is 18.4 Å². The van der Waals surface area contributed by atoms with E-state index in [9.17, 15) is 14.4 Å². The fraction of sp³-hybridized carbons (Fsp3) is 0.500. The molecule has 0 spiro atoms. The van der Waals surface area contributed by atoms with Crippen LogP contribution in [0.15, 0.2) is 12.1 Å². The van der Waals surface area contributed by atoms with E-state index in [-0.39, 0.29) is 10.9 Å². The Bertz CT molecular complexity index is 794. The molecular weight excluding hydrogens is 370 g/mol. The van der Waals surface area contributed by atoms with E-state index in [4.69, 9.17) is 17.4 Å². The maximum absolute atomic E-state index is 13.0. The maximum Gasteiger partial charge on any atom is 0.255 e. The molecule has 0 radical (unpaired) electrons. The third kappa shape index (κ3) is 3.40. The molecule has 5 N–H and O–H groups in total. The monoisotopic (exact) mass is 391 g/mol. The number of carbonyl (C=O) groups excluding carboxylic acids is 3. The fourth-order valence-corrected chi connectivity index (χ4v) is 4.18. The van der Waals surface area contributed by atoms with E-state index in [1.807, 2.05) is 5.43 Å². The molecule has 3 aliphatic rings. The van der Waals surface area contributed by atoms with Crippen LogP contribution in [-0.2, 0) is 9.59 Å². The smallest absolute Gasteiger partial charge is 0.255 e. The number of nitrogens with zero attached hydrogens (tertiary/aromatic N) is 1. The lowest BCUT2D eigenvalue weighted by Crippen LogP contribution is -2.45. The first kappa shape index (κ1) is 18.2. The number of carbonyl (C=O) groups is 3. The van der Waals surface area contributed by atoms with Gasteiger partial charge in [-0.25, -0.2) is 5.84 Å². The summed E-state index contributed by atoms with van der Waals surface area (Å²) in [7, 11) is 0. The van der Waals surface area contributed by atoms with Gasteiger partial charge in [0.05, 0.1) is 10.6 Å². The zero-order valence-electron chi connectivity index (χ0n) is 14.8. The lowest BCUT2D eigenvalue weighted by Gasteiger charge is -2.33. The molecule has 1 aromatic rings. The summed E-state index contributed by atoms with van der Waals surface area (Å²) in [5.74, 6) is 2.68. The Morgan fingerprint density at radius 3 is 2.44 bits per heavy atom. The van der Waals surface area contributed by atoms with Crippen molar-refractivity contribution in [2.24, 2.45) is 5.84 Å². The predicted molar refractivity (Wildman–Crippen MR) is 100 cm³/mol. The van der Waals surface area contributed by atoms with Gasteiger partial charge in [0.2, 0.25) is 5.91 Å². The Hall–Kier alpha value is -2.16. The number of halogens is 1. The standard InChI is InChI=1S/C18H22ClN5O3/c19-15-11(3-4-12-13(15)14(16(25)22-12)17(26)23-20)18(27)24-7-5-10(6-8-24)21-9-1-2-9/h3-4,9-10,14,21H,1-2,5-8,20H2,(H,22,25)(H,23,26). The number of hydrogen-bond acceptors (Lipinski definition) is 5. The van der Waals surface area contributed by atoms with Crippen LogP contribution >= 0.6 is 11.6 Å². The van der Waals surface area contributed by atoms with Crippen molar-refractivity contribution in [3.05, 3.63) is 28.3 Å². The minimum atomic E-state index is -1.15. The summed E-state index contributed by atoms with van der Waals surface area (Å²) < 4.78 is 0. The molecule has 1 aliphatic carbocycles. The zero-order valence-corrected chi connectivity index (χ0v) is 15.5. The highest BCUT2D eigenvalue weighted by Crippen LogP contribution is 2.40. The molecule has 1 aromatic carbocycles. The van der Waals surface area contributed by atoms with Crippen molar-refractivity contribution in [3.63, 3.8) is 0 Å². The van der Waals surface area contributed by atoms with Crippen LogP contribution in [0.3, 0.4) is 0 Å². The quantitative estimate of drug-likeness (QED) is 0.261. The summed E-state index contributed by atoms with van der Waals surface area (Å²) in [5, 5.41) is 6.33. The molecule has 144 valence electrons. The highest BCUT2D eigenvalue weighted by molar-refractivity contribution is 6.37. The molecule has 2 fully saturated rings. The Labute approximate surface area is 161 Å². The lowest BCUT2D eigenvalue weighted by atomic mass is 9.96. The molecule has 1 saturated carbocycles. The predicted octanol–water partition coefficient (Wildman–Crippen LogP) is 0.722. The number of rotatable bonds is 4. The van der Waals surface area contributed by atoms with Gasteiger partial charge in [0.1, 0.15) is 5.92 Å². The Kier molecular flexibility index (Phi) is 4.79. The third-order valence-electron chi connectivity index (χ3n) is 5.45. The van der Waals surface area contributed by atoms with Crippen molar-refractivity contribution >= 4 is 35.0 Å². The van der Waals surface area contributed by atoms with E-state index in [0.717, 1.165) is 12.8 Å². The van der Waals surface area contributed by atoms with Crippen molar-refractivity contribution < 1.29 is 14.4 Å². The van der Waals surface area contributed by atoms with Crippen LogP contribution in [0, 0.1) is 0 Å². The second-order valence-corrected chi connectivity index (χ2v) is 7.70. The summed E-state index contributed by atoms with van der Waals surface area (Å²) in [6, 6.07) is 4.31. The van der Waals surface area contributed by atoms with Crippen LogP contribution in [0.2, 0.25) is 5.02 Å². The largest absolute Gasteiger partial charge is 0.338 e. The molecule has 9 heteroatoms. The average Bonchev–Trinajstić information content (AvgIpc) is 3.41. The van der Waals surface area contributed by atoms with Crippen molar-refractivity contribution in [2.45, 2.75) is 43.7 Å². The van der Waals surface area contributed by atoms with E-state index in [1.54, 1.807) is 17.0 Å². The van der Waals surface area contributed by atoms with Gasteiger partial charge < -0.3 is 15.5 Å². The Morgan fingerprint density at radius 2 is 1.81 bits per heavy atom. The highest BCUT2D eigenvalue weighted by atomic mass is 35.5. The summed E-state index contributed by atoms with van der Waals surface area (Å²) in [4.78, 5) is 38.9. The van der Waals surface area contributed by atoms with Crippen LogP contribution in [0.4, 0.5) is 5.69 Å². The number of anilines is 1. The number of hydrazine groups is 1. The minimum Gasteiger partial charge on any atom is -0.338 e. The first-order valence-electron chi connectivity index (χ1n) is 9.18. The second kappa shape index (κ2) is 7.10. The summed E-state index contributed by atoms with van der Waals surface area (Å²) in [5.41, 5.74) is 3.02. The lowest BCUT2D eigenvalue weighted by molar-refractivity contribution is -0.128. The molecule has 1 atom stereocenters. The van der Waals surface area contributed by atoms with E-state index < -0.39 is 17.7 Å². The maximum atomic E-state index is 13.0. The molecule has 0 bridgehead atoms. The van der Waals surface area contributed by atoms with E-state index >= 15 is 0 Å². The second-order valence-electron chi connectivity index (χ2n) is 7.33. The van der Waals surface area contributed by atoms with Crippen LogP contribution in [0.5, 0.6) is 0 Å². The van der Waals surface area contributed by atoms with Gasteiger partial charge in [0.15, 0.2) is 0 Å². The molecule has 2 heterocycles. The zero-order chi connectivity index (χ0) is 19.1. The van der Waals surface area contributed by atoms with E-state index in [0.29, 0.717) is 42.0 Å². The number of nitrogens with two attached hydrogens (primary N) is 1. The number of nitrogens with one attached hydrogen (secondary N) is 3. The normalized spacial score (nSPS) is 22.4. The number of piperidine rings is 1. The van der Waals surface area contributed by atoms with Gasteiger partial charge in [0.25, 0.3) is 11.8 Å². The SMILES string of the molecule is NNC(=O)C1C(=O)Nc2ccc(C(=O)N3CCC(NC4CC4)CC3)c(Cl)c21. The van der Waals surface area contributed by atoms with Crippen molar-refractivity contribution in [1.82, 2.24) is 15.6 Å². The Balaban J connectivity index is 1.53. The molecule has 1 unspecified atom stereocenters. The van der Waals surface area contributed by atoms with Crippen LogP contribution < -0.4 is 21.9 Å². The van der Waals surface area contributed by atoms with Crippen molar-refractivity contribution in [1.29, 1.82) is 0 Å². The van der Waals surface area contributed by atoms with Gasteiger partial charge in [-0.2, -0.15) is 0 Å². The van der Waals surface area contributed by atoms with Crippen molar-refractivity contribution in [3.8, 4) is 0 Å². The number of hydrogen-bond donors (Lipinski definition) is 4. The Morgan fingerprint density at radius 1 is 1.15 bits per heavy atom. The number of amides is 3. The molecule has 4 rings (SSSR count). The topological polar surface area (TPSA) is 117 Å². The first-order chi connectivity index (χ1) is 13.0. The molecule has 8 nitrogen and oxygen atoms in total. The minimum absolute atomic E-state index is 0.127. The third-order valence-corrected chi connectivity index (χ3v) is 5.86. The molecule has 27 heavy (non-hydrogen) atoms. The van der Waals surface area contributed by atoms with E-state index in [1.165, 1.54) is 12.8 Å². The van der Waals surface area contributed by atoms with Gasteiger partial charge in [-0.3, -0.25) is 19.8 Å². The van der Waals surface area contributed by atoms with Gasteiger partial charge in [0, 0.05) is 36.4 Å². The molecule has 3 amide bonds. The molecular formula is C18H22ClN5O3. The molecule has 1 saturated heterocycles. The number of benzene rings is 1. The van der Waals surface area contributed by atoms with Gasteiger partial charge in [-0.15, -0.1) is 0 Å². The van der Waals surface area contributed by atoms with E-state index in [2.05, 4.69) is 10.6 Å². The molecule has 0 aromatic heterocycles. The van der Waals surface area contributed by atoms with Crippen LogP contribution in [-0.4, -0.2) is 47.8 Å². The average molecular weight is 392 g/mol. The first-order valence-corrected chi connectivity index (χ1v) is 9.56. The van der Waals surface area contributed by atoms with Gasteiger partial charge >= 0.3 is 0 Å². The number of fused-ring (bicyclic) bond motifs is 1. The van der Waals surface area contributed by atoms with Crippen LogP contribution in [0.1, 0.15) is 47.5 Å². The van der Waals surface area contributed by atoms with Gasteiger partial charge in [-0.05, 0) is 37.8 Å². The summed E-state index contributed by atoms with van der Waals surface area (Å²) in [6.07, 6.45) is 4.30. The highest BCUT2D eigenvalue weighted by Gasteiger charge is 2.40. The number of likely N-dealkylation sites (tertiary alicyclic amines) is 1. The summed E-state index contributed by atoms with van der Waals surface area (Å²) in [6.45, 7) is 1.31. The van der Waals surface area contributed by atoms with Crippen LogP contribution in [0.25, 0.3) is 0 Å². The van der Waals surface area contributed by atoms with Gasteiger partial charge in [-0.1, -0.05) is 11.6 Å². The summed E-state index contributed by atoms with van der Waals surface area (Å²) >= 11 is 6.46.